The number of hydrogen-bond acceptors (Lipinski definition) is 3. The molecule has 0 spiro atoms. The van der Waals surface area contributed by atoms with Gasteiger partial charge in [0.25, 0.3) is 5.91 Å². The first-order chi connectivity index (χ1) is 15.1. The minimum absolute atomic E-state index is 0.166. The van der Waals surface area contributed by atoms with Gasteiger partial charge in [0, 0.05) is 45.6 Å². The zero-order valence-electron chi connectivity index (χ0n) is 20.6. The van der Waals surface area contributed by atoms with Gasteiger partial charge in [-0.3, -0.25) is 4.79 Å². The lowest BCUT2D eigenvalue weighted by atomic mass is 9.88. The van der Waals surface area contributed by atoms with E-state index in [4.69, 9.17) is 19.8 Å². The molecular formula is C20H22ClF2N3O. The Labute approximate surface area is 171 Å². The number of rotatable bonds is 5. The molecule has 4 nitrogen and oxygen atoms in total. The Balaban J connectivity index is 1.82. The lowest BCUT2D eigenvalue weighted by Crippen LogP contribution is -2.44. The van der Waals surface area contributed by atoms with E-state index in [-0.39, 0.29) is 16.4 Å². The molecule has 7 heteroatoms. The summed E-state index contributed by atoms with van der Waals surface area (Å²) in [6.45, 7) is -1.79. The maximum Gasteiger partial charge on any atom is 0.253 e. The summed E-state index contributed by atoms with van der Waals surface area (Å²) < 4.78 is 78.7. The molecule has 2 aromatic rings. The molecule has 1 fully saturated rings. The number of aryl methyl sites for hydroxylation is 2. The van der Waals surface area contributed by atoms with Crippen molar-refractivity contribution in [1.82, 2.24) is 14.9 Å². The molecule has 27 heavy (non-hydrogen) atoms. The number of likely N-dealkylation sites (tertiary alicyclic amines) is 1. The van der Waals surface area contributed by atoms with E-state index in [2.05, 4.69) is 9.97 Å². The van der Waals surface area contributed by atoms with Crippen molar-refractivity contribution in [2.45, 2.75) is 44.6 Å². The van der Waals surface area contributed by atoms with Crippen LogP contribution in [0.2, 0.25) is 5.02 Å². The van der Waals surface area contributed by atoms with Gasteiger partial charge in [-0.2, -0.15) is 0 Å². The standard InChI is InChI=1S/C20H22ClF2N3O/c1-14-12-24-18(25-13-14)3-2-6-20(23)7-9-26(10-8-20)19(27)15-4-5-17(22)16(21)11-15/h4-5,11-13H,2-3,6-10H2,1H3/i3D2,7D2,10D2. The van der Waals surface area contributed by atoms with Crippen LogP contribution >= 0.6 is 11.6 Å². The molecule has 0 aliphatic carbocycles. The number of carbonyl (C=O) groups excluding carboxylic acids is 1. The van der Waals surface area contributed by atoms with Crippen LogP contribution in [-0.4, -0.2) is 39.5 Å². The summed E-state index contributed by atoms with van der Waals surface area (Å²) in [5.74, 6) is -1.92. The largest absolute Gasteiger partial charge is 0.338 e. The number of aromatic nitrogens is 2. The summed E-state index contributed by atoms with van der Waals surface area (Å²) >= 11 is 5.69. The smallest absolute Gasteiger partial charge is 0.253 e. The normalized spacial score (nSPS) is 27.5. The van der Waals surface area contributed by atoms with Gasteiger partial charge in [0.15, 0.2) is 0 Å². The van der Waals surface area contributed by atoms with Crippen LogP contribution in [0.4, 0.5) is 8.78 Å². The number of alkyl halides is 1. The maximum atomic E-state index is 15.9. The third-order valence-corrected chi connectivity index (χ3v) is 4.39. The molecule has 2 heterocycles. The van der Waals surface area contributed by atoms with Crippen LogP contribution < -0.4 is 0 Å². The molecule has 1 unspecified atom stereocenters. The van der Waals surface area contributed by atoms with Crippen LogP contribution in [0.1, 0.15) is 55.6 Å². The Bertz CT molecular complexity index is 1060. The summed E-state index contributed by atoms with van der Waals surface area (Å²) in [5.41, 5.74) is -2.23. The number of benzene rings is 1. The second-order valence-corrected chi connectivity index (χ2v) is 6.67. The van der Waals surface area contributed by atoms with Crippen molar-refractivity contribution in [3.05, 3.63) is 58.4 Å². The number of carbonyl (C=O) groups is 1. The van der Waals surface area contributed by atoms with E-state index in [1.165, 1.54) is 12.4 Å². The Kier molecular flexibility index (Phi) is 4.04. The summed E-state index contributed by atoms with van der Waals surface area (Å²) in [5, 5.41) is -0.359. The van der Waals surface area contributed by atoms with E-state index in [1.807, 2.05) is 0 Å². The van der Waals surface area contributed by atoms with Gasteiger partial charge in [0.1, 0.15) is 17.3 Å². The quantitative estimate of drug-likeness (QED) is 0.741. The zero-order chi connectivity index (χ0) is 24.8. The molecule has 1 saturated heterocycles. The first-order valence-corrected chi connectivity index (χ1v) is 8.71. The molecule has 0 N–H and O–H groups in total. The zero-order valence-corrected chi connectivity index (χ0v) is 15.4. The van der Waals surface area contributed by atoms with Crippen LogP contribution in [0.15, 0.2) is 30.6 Å². The Morgan fingerprint density at radius 3 is 2.89 bits per heavy atom. The summed E-state index contributed by atoms with van der Waals surface area (Å²) in [6.07, 6.45) is -4.21. The number of amides is 1. The fourth-order valence-corrected chi connectivity index (χ4v) is 2.70. The van der Waals surface area contributed by atoms with Gasteiger partial charge >= 0.3 is 0 Å². The predicted octanol–water partition coefficient (Wildman–Crippen LogP) is 4.54. The van der Waals surface area contributed by atoms with Crippen molar-refractivity contribution in [3.8, 4) is 0 Å². The molecule has 0 bridgehead atoms. The van der Waals surface area contributed by atoms with Gasteiger partial charge in [-0.25, -0.2) is 18.7 Å². The maximum absolute atomic E-state index is 15.9. The Morgan fingerprint density at radius 2 is 2.19 bits per heavy atom. The SMILES string of the molecule is [2H]C([2H])(CCC1(F)CC([2H])([2H])N(C(=O)c2ccc(F)c(Cl)c2)CC1([2H])[2H])c1ncc(C)cn1. The fourth-order valence-electron chi connectivity index (χ4n) is 2.52. The van der Waals surface area contributed by atoms with Gasteiger partial charge in [-0.1, -0.05) is 11.6 Å². The molecule has 1 aromatic heterocycles. The van der Waals surface area contributed by atoms with Crippen LogP contribution in [0.25, 0.3) is 0 Å². The second kappa shape index (κ2) is 8.30. The Morgan fingerprint density at radius 1 is 1.44 bits per heavy atom. The lowest BCUT2D eigenvalue weighted by molar-refractivity contribution is 0.0389. The van der Waals surface area contributed by atoms with E-state index in [0.717, 1.165) is 18.2 Å². The summed E-state index contributed by atoms with van der Waals surface area (Å²) in [4.78, 5) is 21.2. The average molecular weight is 400 g/mol. The molecule has 144 valence electrons. The molecule has 1 aliphatic heterocycles. The van der Waals surface area contributed by atoms with Crippen molar-refractivity contribution >= 4 is 17.5 Å². The molecular weight excluding hydrogens is 372 g/mol. The number of nitrogens with zero attached hydrogens (tertiary/aromatic N) is 3. The van der Waals surface area contributed by atoms with Crippen molar-refractivity contribution < 1.29 is 21.8 Å². The third kappa shape index (κ3) is 5.01. The Hall–Kier alpha value is -2.08. The first-order valence-electron chi connectivity index (χ1n) is 11.3. The summed E-state index contributed by atoms with van der Waals surface area (Å²) in [6, 6.07) is 3.01. The van der Waals surface area contributed by atoms with Crippen LogP contribution in [0.3, 0.4) is 0 Å². The highest BCUT2D eigenvalue weighted by molar-refractivity contribution is 6.31. The lowest BCUT2D eigenvalue weighted by Gasteiger charge is -2.36. The molecule has 1 aliphatic rings. The van der Waals surface area contributed by atoms with Crippen molar-refractivity contribution in [3.63, 3.8) is 0 Å². The first kappa shape index (κ1) is 13.2. The third-order valence-electron chi connectivity index (χ3n) is 4.10. The van der Waals surface area contributed by atoms with Gasteiger partial charge in [0.2, 0.25) is 0 Å². The summed E-state index contributed by atoms with van der Waals surface area (Å²) in [7, 11) is 0. The van der Waals surface area contributed by atoms with E-state index in [1.54, 1.807) is 6.92 Å². The van der Waals surface area contributed by atoms with E-state index >= 15 is 4.39 Å². The minimum atomic E-state index is -2.77. The van der Waals surface area contributed by atoms with Crippen LogP contribution in [0, 0.1) is 12.7 Å². The molecule has 3 rings (SSSR count). The van der Waals surface area contributed by atoms with E-state index < -0.39 is 62.4 Å². The highest BCUT2D eigenvalue weighted by Gasteiger charge is 2.35. The monoisotopic (exact) mass is 399 g/mol. The topological polar surface area (TPSA) is 46.1 Å². The number of hydrogen-bond donors (Lipinski definition) is 0. The highest BCUT2D eigenvalue weighted by Crippen LogP contribution is 2.32. The van der Waals surface area contributed by atoms with Crippen molar-refractivity contribution in [1.29, 1.82) is 0 Å². The van der Waals surface area contributed by atoms with Crippen LogP contribution in [0.5, 0.6) is 0 Å². The number of halogens is 3. The fraction of sp³-hybridized carbons (Fsp3) is 0.450. The molecule has 1 atom stereocenters. The van der Waals surface area contributed by atoms with Crippen molar-refractivity contribution in [2.24, 2.45) is 0 Å². The molecule has 0 saturated carbocycles. The van der Waals surface area contributed by atoms with E-state index in [0.29, 0.717) is 10.5 Å². The van der Waals surface area contributed by atoms with Gasteiger partial charge in [-0.15, -0.1) is 0 Å². The van der Waals surface area contributed by atoms with Gasteiger partial charge < -0.3 is 4.90 Å². The predicted molar refractivity (Wildman–Crippen MR) is 100 cm³/mol. The number of piperidine rings is 1. The van der Waals surface area contributed by atoms with Gasteiger partial charge in [0.05, 0.1) is 5.02 Å². The minimum Gasteiger partial charge on any atom is -0.338 e. The van der Waals surface area contributed by atoms with Crippen molar-refractivity contribution in [2.75, 3.05) is 13.0 Å². The average Bonchev–Trinajstić information content (AvgIpc) is 2.71. The van der Waals surface area contributed by atoms with Crippen LogP contribution in [-0.2, 0) is 6.37 Å². The van der Waals surface area contributed by atoms with E-state index in [9.17, 15) is 9.18 Å². The molecule has 0 radical (unpaired) electrons. The highest BCUT2D eigenvalue weighted by atomic mass is 35.5. The molecule has 1 amide bonds. The molecule has 1 aromatic carbocycles. The van der Waals surface area contributed by atoms with Gasteiger partial charge in [-0.05, 0) is 56.3 Å². The second-order valence-electron chi connectivity index (χ2n) is 6.26.